The Morgan fingerprint density at radius 2 is 1.84 bits per heavy atom. The minimum Gasteiger partial charge on any atom is -0.484 e. The van der Waals surface area contributed by atoms with Gasteiger partial charge in [0.05, 0.1) is 53.6 Å². The average Bonchev–Trinajstić information content (AvgIpc) is 3.72. The number of rotatable bonds is 13. The van der Waals surface area contributed by atoms with E-state index in [0.29, 0.717) is 49.3 Å². The van der Waals surface area contributed by atoms with Crippen LogP contribution in [0, 0.1) is 10.1 Å². The molecule has 18 heteroatoms. The standard InChI is InChI=1S/C43H45ClN6O10S/c1-43(2)22-37(28-3-5-31(44)6-4-28)30(25-59-43)24-48-13-15-49(16-14-48)32-7-9-36(40(20-32)60-33-19-29-11-12-45-41(29)46-23-33)42(51)47-61(54,55)35-8-10-39(38(21-35)50(52)53)58-27-34-26-56-17-18-57-34/h3-12,19-21,23,34H,13-18,22,24-27H2,1-2H3,(H,45,46)(H,47,51). The molecule has 5 heterocycles. The third-order valence-electron chi connectivity index (χ3n) is 10.8. The van der Waals surface area contributed by atoms with Crippen molar-refractivity contribution in [1.82, 2.24) is 19.6 Å². The highest BCUT2D eigenvalue weighted by atomic mass is 35.5. The monoisotopic (exact) mass is 872 g/mol. The highest BCUT2D eigenvalue weighted by molar-refractivity contribution is 7.90. The first kappa shape index (κ1) is 42.1. The van der Waals surface area contributed by atoms with Crippen LogP contribution in [0.25, 0.3) is 16.6 Å². The van der Waals surface area contributed by atoms with Gasteiger partial charge < -0.3 is 33.6 Å². The molecule has 3 aliphatic rings. The van der Waals surface area contributed by atoms with Crippen LogP contribution in [0.3, 0.4) is 0 Å². The molecule has 1 amide bonds. The van der Waals surface area contributed by atoms with E-state index in [1.54, 1.807) is 24.4 Å². The first-order valence-electron chi connectivity index (χ1n) is 19.8. The summed E-state index contributed by atoms with van der Waals surface area (Å²) in [7, 11) is -4.62. The summed E-state index contributed by atoms with van der Waals surface area (Å²) >= 11 is 6.21. The first-order chi connectivity index (χ1) is 29.3. The molecule has 0 bridgehead atoms. The lowest BCUT2D eigenvalue weighted by atomic mass is 9.87. The van der Waals surface area contributed by atoms with Crippen LogP contribution in [0.1, 0.15) is 36.2 Å². The molecule has 61 heavy (non-hydrogen) atoms. The number of carbonyl (C=O) groups excluding carboxylic acids is 1. The molecular formula is C43H45ClN6O10S. The molecule has 320 valence electrons. The predicted molar refractivity (Wildman–Crippen MR) is 228 cm³/mol. The molecule has 8 rings (SSSR count). The summed E-state index contributed by atoms with van der Waals surface area (Å²) in [6.07, 6.45) is 3.59. The minimum atomic E-state index is -4.62. The number of benzene rings is 3. The first-order valence-corrected chi connectivity index (χ1v) is 21.7. The Bertz CT molecular complexity index is 2570. The van der Waals surface area contributed by atoms with E-state index in [1.807, 2.05) is 18.2 Å². The van der Waals surface area contributed by atoms with Gasteiger partial charge in [0, 0.05) is 73.6 Å². The van der Waals surface area contributed by atoms with Gasteiger partial charge in [0.15, 0.2) is 5.75 Å². The van der Waals surface area contributed by atoms with Crippen molar-refractivity contribution in [3.8, 4) is 17.2 Å². The van der Waals surface area contributed by atoms with Gasteiger partial charge in [0.1, 0.15) is 29.9 Å². The molecule has 1 atom stereocenters. The quantitative estimate of drug-likeness (QED) is 0.0952. The Morgan fingerprint density at radius 1 is 1.03 bits per heavy atom. The number of piperazine rings is 1. The van der Waals surface area contributed by atoms with Crippen molar-refractivity contribution in [3.05, 3.63) is 117 Å². The number of aromatic amines is 1. The van der Waals surface area contributed by atoms with Crippen molar-refractivity contribution in [1.29, 1.82) is 0 Å². The molecule has 3 aromatic carbocycles. The van der Waals surface area contributed by atoms with Crippen LogP contribution in [0.15, 0.2) is 95.7 Å². The van der Waals surface area contributed by atoms with Gasteiger partial charge >= 0.3 is 5.69 Å². The fraction of sp³-hybridized carbons (Fsp3) is 0.349. The van der Waals surface area contributed by atoms with Gasteiger partial charge in [-0.2, -0.15) is 0 Å². The van der Waals surface area contributed by atoms with Crippen LogP contribution >= 0.6 is 11.6 Å². The van der Waals surface area contributed by atoms with Gasteiger partial charge in [-0.25, -0.2) is 18.1 Å². The number of hydrogen-bond acceptors (Lipinski definition) is 13. The number of nitrogens with one attached hydrogen (secondary N) is 2. The molecular weight excluding hydrogens is 828 g/mol. The highest BCUT2D eigenvalue weighted by Gasteiger charge is 2.31. The number of ether oxygens (including phenoxy) is 5. The maximum atomic E-state index is 13.9. The van der Waals surface area contributed by atoms with E-state index in [9.17, 15) is 23.3 Å². The second-order valence-electron chi connectivity index (χ2n) is 15.6. The number of nitrogens with zero attached hydrogens (tertiary/aromatic N) is 4. The molecule has 0 saturated carbocycles. The molecule has 0 radical (unpaired) electrons. The number of sulfonamides is 1. The zero-order chi connectivity index (χ0) is 42.7. The van der Waals surface area contributed by atoms with Crippen molar-refractivity contribution in [2.75, 3.05) is 70.7 Å². The number of pyridine rings is 1. The number of hydrogen-bond donors (Lipinski definition) is 2. The number of carbonyl (C=O) groups is 1. The molecule has 16 nitrogen and oxygen atoms in total. The second kappa shape index (κ2) is 17.8. The lowest BCUT2D eigenvalue weighted by Gasteiger charge is -2.39. The van der Waals surface area contributed by atoms with Crippen molar-refractivity contribution in [2.24, 2.45) is 0 Å². The predicted octanol–water partition coefficient (Wildman–Crippen LogP) is 6.60. The summed E-state index contributed by atoms with van der Waals surface area (Å²) in [6.45, 7) is 9.37. The fourth-order valence-electron chi connectivity index (χ4n) is 7.57. The van der Waals surface area contributed by atoms with Crippen LogP contribution in [0.5, 0.6) is 17.2 Å². The van der Waals surface area contributed by atoms with E-state index in [0.717, 1.165) is 54.8 Å². The Labute approximate surface area is 357 Å². The van der Waals surface area contributed by atoms with Crippen molar-refractivity contribution < 1.29 is 41.8 Å². The Hall–Kier alpha value is -5.56. The number of halogens is 1. The Kier molecular flexibility index (Phi) is 12.3. The number of aromatic nitrogens is 2. The Balaban J connectivity index is 1.00. The lowest BCUT2D eigenvalue weighted by Crippen LogP contribution is -2.47. The number of nitro groups is 1. The smallest absolute Gasteiger partial charge is 0.312 e. The Morgan fingerprint density at radius 3 is 2.59 bits per heavy atom. The maximum Gasteiger partial charge on any atom is 0.312 e. The van der Waals surface area contributed by atoms with Crippen LogP contribution in [-0.4, -0.2) is 112 Å². The number of anilines is 1. The molecule has 3 aliphatic heterocycles. The van der Waals surface area contributed by atoms with E-state index >= 15 is 0 Å². The SMILES string of the molecule is CC1(C)CC(c2ccc(Cl)cc2)=C(CN2CCN(c3ccc(C(=O)NS(=O)(=O)c4ccc(OCC5COCCO5)c([N+](=O)[O-])c4)c(Oc4cnc5[nH]ccc5c4)c3)CC2)CO1. The molecule has 0 spiro atoms. The van der Waals surface area contributed by atoms with Gasteiger partial charge in [0.2, 0.25) is 0 Å². The maximum absolute atomic E-state index is 13.9. The molecule has 2 N–H and O–H groups in total. The van der Waals surface area contributed by atoms with Crippen molar-refractivity contribution in [3.63, 3.8) is 0 Å². The second-order valence-corrected chi connectivity index (χ2v) is 17.8. The van der Waals surface area contributed by atoms with E-state index in [4.69, 9.17) is 35.3 Å². The number of fused-ring (bicyclic) bond motifs is 1. The number of amides is 1. The van der Waals surface area contributed by atoms with E-state index in [1.165, 1.54) is 29.5 Å². The molecule has 1 unspecified atom stereocenters. The zero-order valence-electron chi connectivity index (χ0n) is 33.6. The minimum absolute atomic E-state index is 0.0387. The largest absolute Gasteiger partial charge is 0.484 e. The van der Waals surface area contributed by atoms with Crippen LogP contribution in [-0.2, 0) is 24.2 Å². The van der Waals surface area contributed by atoms with Crippen LogP contribution in [0.2, 0.25) is 5.02 Å². The molecule has 2 aromatic heterocycles. The van der Waals surface area contributed by atoms with E-state index in [-0.39, 0.29) is 35.9 Å². The van der Waals surface area contributed by atoms with Gasteiger partial charge in [-0.3, -0.25) is 19.8 Å². The van der Waals surface area contributed by atoms with Gasteiger partial charge in [-0.15, -0.1) is 0 Å². The highest BCUT2D eigenvalue weighted by Crippen LogP contribution is 2.37. The summed E-state index contributed by atoms with van der Waals surface area (Å²) in [4.78, 5) is 36.6. The summed E-state index contributed by atoms with van der Waals surface area (Å²) in [6, 6.07) is 19.6. The van der Waals surface area contributed by atoms with Gasteiger partial charge in [0.25, 0.3) is 15.9 Å². The average molecular weight is 873 g/mol. The normalized spacial score (nSPS) is 18.5. The van der Waals surface area contributed by atoms with Gasteiger partial charge in [-0.05, 0) is 79.1 Å². The summed E-state index contributed by atoms with van der Waals surface area (Å²) in [5.41, 5.74) is 4.12. The van der Waals surface area contributed by atoms with Crippen LogP contribution < -0.4 is 19.1 Å². The van der Waals surface area contributed by atoms with E-state index < -0.39 is 37.5 Å². The number of nitro benzene ring substituents is 1. The fourth-order valence-corrected chi connectivity index (χ4v) is 8.68. The topological polar surface area (TPSA) is 188 Å². The van der Waals surface area contributed by atoms with Crippen molar-refractivity contribution >= 4 is 55.5 Å². The zero-order valence-corrected chi connectivity index (χ0v) is 35.2. The summed E-state index contributed by atoms with van der Waals surface area (Å²) in [5, 5.41) is 13.5. The number of H-pyrrole nitrogens is 1. The van der Waals surface area contributed by atoms with E-state index in [2.05, 4.69) is 50.5 Å². The summed E-state index contributed by atoms with van der Waals surface area (Å²) < 4.78 is 58.3. The molecule has 2 saturated heterocycles. The summed E-state index contributed by atoms with van der Waals surface area (Å²) in [5.74, 6) is -0.740. The molecule has 0 aliphatic carbocycles. The molecule has 2 fully saturated rings. The van der Waals surface area contributed by atoms with Gasteiger partial charge in [-0.1, -0.05) is 23.7 Å². The third-order valence-corrected chi connectivity index (χ3v) is 12.4. The van der Waals surface area contributed by atoms with Crippen LogP contribution in [0.4, 0.5) is 11.4 Å². The molecule has 5 aromatic rings. The lowest BCUT2D eigenvalue weighted by molar-refractivity contribution is -0.386. The van der Waals surface area contributed by atoms with Crippen molar-refractivity contribution in [2.45, 2.75) is 36.9 Å². The third kappa shape index (κ3) is 9.99.